The maximum atomic E-state index is 12.2. The third kappa shape index (κ3) is 10.3. The van der Waals surface area contributed by atoms with Crippen molar-refractivity contribution in [2.75, 3.05) is 25.0 Å². The largest absolute Gasteiger partial charge is 0.349 e. The lowest BCUT2D eigenvalue weighted by molar-refractivity contribution is 0.0635. The highest BCUT2D eigenvalue weighted by molar-refractivity contribution is 9.09. The van der Waals surface area contributed by atoms with E-state index in [9.17, 15) is 28.8 Å². The highest BCUT2D eigenvalue weighted by atomic mass is 79.9. The summed E-state index contributed by atoms with van der Waals surface area (Å²) in [5.41, 5.74) is 6.24. The monoisotopic (exact) mass is 887 g/mol. The number of benzene rings is 3. The van der Waals surface area contributed by atoms with Gasteiger partial charge >= 0.3 is 0 Å². The average Bonchev–Trinajstić information content (AvgIpc) is 4.14. The molecule has 61 heavy (non-hydrogen) atoms. The first-order valence-corrected chi connectivity index (χ1v) is 20.9. The van der Waals surface area contributed by atoms with Gasteiger partial charge in [0, 0.05) is 68.0 Å². The van der Waals surface area contributed by atoms with Crippen LogP contribution in [0.25, 0.3) is 0 Å². The summed E-state index contributed by atoms with van der Waals surface area (Å²) in [6.07, 6.45) is 12.9. The lowest BCUT2D eigenvalue weighted by Crippen LogP contribution is -2.31. The minimum absolute atomic E-state index is 0.170. The van der Waals surface area contributed by atoms with Crippen molar-refractivity contribution in [3.8, 4) is 0 Å². The van der Waals surface area contributed by atoms with Crippen molar-refractivity contribution in [3.63, 3.8) is 0 Å². The molecule has 9 rings (SSSR count). The van der Waals surface area contributed by atoms with Crippen molar-refractivity contribution >= 4 is 51.4 Å². The van der Waals surface area contributed by atoms with Gasteiger partial charge in [-0.25, -0.2) is 15.0 Å². The third-order valence-corrected chi connectivity index (χ3v) is 10.6. The number of imidazole rings is 3. The van der Waals surface area contributed by atoms with Crippen LogP contribution < -0.4 is 0 Å². The highest BCUT2D eigenvalue weighted by Crippen LogP contribution is 2.25. The number of aryl methyl sites for hydroxylation is 5. The fourth-order valence-corrected chi connectivity index (χ4v) is 7.15. The number of imide groups is 3. The quantitative estimate of drug-likeness (QED) is 0.112. The van der Waals surface area contributed by atoms with Crippen molar-refractivity contribution in [3.05, 3.63) is 161 Å². The van der Waals surface area contributed by atoms with Crippen LogP contribution in [-0.2, 0) is 13.1 Å². The Bertz CT molecular complexity index is 2420. The number of nitrogens with zero attached hydrogens (tertiary/aromatic N) is 8. The summed E-state index contributed by atoms with van der Waals surface area (Å²) in [5, 5.41) is 0.792. The van der Waals surface area contributed by atoms with Crippen LogP contribution in [0.4, 0.5) is 0 Å². The van der Waals surface area contributed by atoms with E-state index in [1.54, 1.807) is 104 Å². The Kier molecular flexibility index (Phi) is 14.7. The molecule has 3 aliphatic rings. The van der Waals surface area contributed by atoms with Crippen LogP contribution in [0.2, 0.25) is 0 Å². The molecule has 0 bridgehead atoms. The van der Waals surface area contributed by atoms with Crippen molar-refractivity contribution in [2.24, 2.45) is 0 Å². The molecular weight excluding hydrogens is 842 g/mol. The predicted molar refractivity (Wildman–Crippen MR) is 230 cm³/mol. The number of fused-ring (bicyclic) bond motifs is 3. The number of nitrogens with one attached hydrogen (secondary N) is 1. The number of carbonyl (C=O) groups is 6. The Morgan fingerprint density at radius 3 is 1.26 bits per heavy atom. The van der Waals surface area contributed by atoms with Gasteiger partial charge in [0.2, 0.25) is 0 Å². The highest BCUT2D eigenvalue weighted by Gasteiger charge is 2.36. The lowest BCUT2D eigenvalue weighted by Gasteiger charge is -2.14. The number of H-pyrrole nitrogens is 1. The smallest absolute Gasteiger partial charge is 0.261 e. The fraction of sp³-hybridized carbons (Fsp3) is 0.267. The number of aromatic amines is 1. The summed E-state index contributed by atoms with van der Waals surface area (Å²) in [4.78, 5) is 91.0. The van der Waals surface area contributed by atoms with Crippen LogP contribution >= 0.6 is 15.9 Å². The SMILES string of the molecule is Cc1cn(CCCN2C(=O)c3ccccc3C2=O)cn1.Cc1cnc[nH]1.Cc1cncn1CCCN1C(=O)c2ccccc2C1=O.O=C1c2ccccc2C(=O)N1CCCBr. The average molecular weight is 889 g/mol. The molecular formula is C45H46BrN9O6. The summed E-state index contributed by atoms with van der Waals surface area (Å²) < 4.78 is 3.98. The van der Waals surface area contributed by atoms with Crippen molar-refractivity contribution < 1.29 is 28.8 Å². The molecule has 0 atom stereocenters. The summed E-state index contributed by atoms with van der Waals surface area (Å²) in [6.45, 7) is 8.72. The standard InChI is InChI=1S/2C15H15N3O2.C11H10BrNO2.C4H6N2/c1-11-9-17(10-16-11)7-4-8-18-14(19)12-5-2-3-6-13(12)15(18)20;1-11-9-16-10-17(11)7-4-8-18-14(19)12-5-2-3-6-13(12)15(18)20;12-6-3-7-13-10(14)8-4-1-2-5-9(8)11(13)15;1-4-2-5-3-6-4/h2*2-3,5-6,9-10H,4,7-8H2,1H3;1-2,4-5H,3,6-7H2;2-3H,1H3,(H,5,6). The van der Waals surface area contributed by atoms with Gasteiger partial charge in [-0.15, -0.1) is 0 Å². The Balaban J connectivity index is 0.000000144. The van der Waals surface area contributed by atoms with Gasteiger partial charge in [0.15, 0.2) is 0 Å². The molecule has 0 radical (unpaired) electrons. The van der Waals surface area contributed by atoms with Crippen LogP contribution in [0.15, 0.2) is 110 Å². The number of halogens is 1. The number of hydrogen-bond acceptors (Lipinski definition) is 9. The van der Waals surface area contributed by atoms with E-state index in [1.807, 2.05) is 36.1 Å². The number of aromatic nitrogens is 6. The molecule has 0 spiro atoms. The molecule has 0 saturated heterocycles. The number of amides is 6. The van der Waals surface area contributed by atoms with E-state index < -0.39 is 0 Å². The summed E-state index contributed by atoms with van der Waals surface area (Å²) in [5.74, 6) is -1.09. The molecule has 6 heterocycles. The van der Waals surface area contributed by atoms with Gasteiger partial charge < -0.3 is 14.1 Å². The number of hydrogen-bond donors (Lipinski definition) is 1. The Hall–Kier alpha value is -6.81. The second-order valence-corrected chi connectivity index (χ2v) is 15.2. The minimum Gasteiger partial charge on any atom is -0.349 e. The van der Waals surface area contributed by atoms with Gasteiger partial charge in [-0.1, -0.05) is 52.3 Å². The van der Waals surface area contributed by atoms with Gasteiger partial charge in [-0.3, -0.25) is 43.5 Å². The second-order valence-electron chi connectivity index (χ2n) is 14.4. The molecule has 0 saturated carbocycles. The normalized spacial score (nSPS) is 13.6. The number of rotatable bonds is 11. The molecule has 3 aliphatic heterocycles. The molecule has 0 unspecified atom stereocenters. The lowest BCUT2D eigenvalue weighted by atomic mass is 10.1. The van der Waals surface area contributed by atoms with Gasteiger partial charge in [-0.05, 0) is 76.4 Å². The Morgan fingerprint density at radius 1 is 0.525 bits per heavy atom. The van der Waals surface area contributed by atoms with Crippen LogP contribution in [0, 0.1) is 20.8 Å². The summed E-state index contributed by atoms with van der Waals surface area (Å²) >= 11 is 3.28. The van der Waals surface area contributed by atoms with E-state index in [2.05, 4.69) is 35.9 Å². The van der Waals surface area contributed by atoms with E-state index in [-0.39, 0.29) is 35.4 Å². The minimum atomic E-state index is -0.188. The number of alkyl halides is 1. The topological polar surface area (TPSA) is 176 Å². The van der Waals surface area contributed by atoms with E-state index >= 15 is 0 Å². The van der Waals surface area contributed by atoms with E-state index in [0.717, 1.165) is 54.8 Å². The zero-order valence-corrected chi connectivity index (χ0v) is 35.7. The molecule has 16 heteroatoms. The van der Waals surface area contributed by atoms with E-state index in [4.69, 9.17) is 0 Å². The molecule has 0 fully saturated rings. The molecule has 3 aromatic carbocycles. The van der Waals surface area contributed by atoms with Crippen LogP contribution in [0.3, 0.4) is 0 Å². The first kappa shape index (κ1) is 43.8. The van der Waals surface area contributed by atoms with Gasteiger partial charge in [0.1, 0.15) is 0 Å². The van der Waals surface area contributed by atoms with Crippen LogP contribution in [0.1, 0.15) is 98.5 Å². The molecule has 6 amide bonds. The van der Waals surface area contributed by atoms with Gasteiger partial charge in [0.25, 0.3) is 35.4 Å². The Labute approximate surface area is 361 Å². The van der Waals surface area contributed by atoms with Crippen LogP contribution in [0.5, 0.6) is 0 Å². The molecule has 6 aromatic rings. The Morgan fingerprint density at radius 2 is 0.951 bits per heavy atom. The van der Waals surface area contributed by atoms with Crippen molar-refractivity contribution in [1.82, 2.24) is 43.8 Å². The van der Waals surface area contributed by atoms with Crippen molar-refractivity contribution in [1.29, 1.82) is 0 Å². The van der Waals surface area contributed by atoms with Gasteiger partial charge in [0.05, 0.1) is 58.1 Å². The van der Waals surface area contributed by atoms with Crippen LogP contribution in [-0.4, -0.2) is 104 Å². The molecule has 15 nitrogen and oxygen atoms in total. The molecule has 3 aromatic heterocycles. The molecule has 0 aliphatic carbocycles. The zero-order valence-electron chi connectivity index (χ0n) is 34.2. The van der Waals surface area contributed by atoms with E-state index in [1.165, 1.54) is 14.7 Å². The fourth-order valence-electron chi connectivity index (χ4n) is 6.90. The maximum absolute atomic E-state index is 12.2. The number of carbonyl (C=O) groups excluding carboxylic acids is 6. The molecule has 1 N–H and O–H groups in total. The first-order valence-electron chi connectivity index (χ1n) is 19.8. The zero-order chi connectivity index (χ0) is 43.5. The molecule has 314 valence electrons. The maximum Gasteiger partial charge on any atom is 0.261 e. The third-order valence-electron chi connectivity index (χ3n) is 10.0. The second kappa shape index (κ2) is 20.4. The summed E-state index contributed by atoms with van der Waals surface area (Å²) in [6, 6.07) is 20.9. The van der Waals surface area contributed by atoms with Gasteiger partial charge in [-0.2, -0.15) is 0 Å². The van der Waals surface area contributed by atoms with Crippen molar-refractivity contribution in [2.45, 2.75) is 53.1 Å². The van der Waals surface area contributed by atoms with E-state index in [0.29, 0.717) is 53.0 Å². The summed E-state index contributed by atoms with van der Waals surface area (Å²) in [7, 11) is 0. The predicted octanol–water partition coefficient (Wildman–Crippen LogP) is 6.54. The first-order chi connectivity index (χ1) is 29.5.